The summed E-state index contributed by atoms with van der Waals surface area (Å²) < 4.78 is 0. The Morgan fingerprint density at radius 3 is 2.29 bits per heavy atom. The summed E-state index contributed by atoms with van der Waals surface area (Å²) in [5, 5.41) is 4.30. The third-order valence-electron chi connectivity index (χ3n) is 4.97. The summed E-state index contributed by atoms with van der Waals surface area (Å²) in [6.45, 7) is 6.97. The van der Waals surface area contributed by atoms with Crippen LogP contribution in [0, 0.1) is 5.92 Å². The molecule has 21 heavy (non-hydrogen) atoms. The molecule has 2 aliphatic heterocycles. The molecule has 0 amide bonds. The molecule has 2 saturated heterocycles. The van der Waals surface area contributed by atoms with Gasteiger partial charge in [0.15, 0.2) is 0 Å². The van der Waals surface area contributed by atoms with Crippen molar-refractivity contribution in [3.63, 3.8) is 0 Å². The first-order chi connectivity index (χ1) is 10.2. The highest BCUT2D eigenvalue weighted by Crippen LogP contribution is 2.35. The van der Waals surface area contributed by atoms with Gasteiger partial charge in [-0.15, -0.1) is 0 Å². The zero-order valence-corrected chi connectivity index (χ0v) is 13.6. The Balaban J connectivity index is 1.81. The lowest BCUT2D eigenvalue weighted by Gasteiger charge is -2.42. The van der Waals surface area contributed by atoms with E-state index in [1.165, 1.54) is 31.5 Å². The molecule has 1 atom stereocenters. The zero-order chi connectivity index (χ0) is 14.7. The maximum Gasteiger partial charge on any atom is 0.0406 e. The lowest BCUT2D eigenvalue weighted by molar-refractivity contribution is 0.0846. The third kappa shape index (κ3) is 3.78. The first-order valence-corrected chi connectivity index (χ1v) is 8.50. The average molecular weight is 308 g/mol. The molecule has 3 nitrogen and oxygen atoms in total. The Morgan fingerprint density at radius 1 is 1.05 bits per heavy atom. The minimum Gasteiger partial charge on any atom is -0.314 e. The maximum absolute atomic E-state index is 6.08. The van der Waals surface area contributed by atoms with Gasteiger partial charge in [0.05, 0.1) is 0 Å². The number of rotatable bonds is 3. The van der Waals surface area contributed by atoms with Crippen molar-refractivity contribution in [1.29, 1.82) is 0 Å². The van der Waals surface area contributed by atoms with Crippen molar-refractivity contribution in [1.82, 2.24) is 15.1 Å². The average Bonchev–Trinajstić information content (AvgIpc) is 2.52. The van der Waals surface area contributed by atoms with Gasteiger partial charge in [-0.05, 0) is 56.6 Å². The van der Waals surface area contributed by atoms with Gasteiger partial charge in [-0.25, -0.2) is 0 Å². The number of halogens is 1. The number of nitrogens with one attached hydrogen (secondary N) is 1. The topological polar surface area (TPSA) is 18.5 Å². The Hall–Kier alpha value is -0.610. The van der Waals surface area contributed by atoms with Gasteiger partial charge in [-0.3, -0.25) is 4.90 Å². The number of hydrogen-bond donors (Lipinski definition) is 1. The van der Waals surface area contributed by atoms with E-state index in [2.05, 4.69) is 34.3 Å². The number of piperidine rings is 1. The predicted molar refractivity (Wildman–Crippen MR) is 88.9 cm³/mol. The van der Waals surface area contributed by atoms with Gasteiger partial charge in [0, 0.05) is 37.2 Å². The number of nitrogens with zero attached hydrogens (tertiary/aromatic N) is 2. The minimum absolute atomic E-state index is 0.554. The van der Waals surface area contributed by atoms with Crippen LogP contribution in [0.15, 0.2) is 24.3 Å². The molecule has 2 aliphatic rings. The van der Waals surface area contributed by atoms with Crippen LogP contribution in [0.25, 0.3) is 0 Å². The molecule has 0 spiro atoms. The predicted octanol–water partition coefficient (Wildman–Crippen LogP) is 2.63. The van der Waals surface area contributed by atoms with E-state index in [9.17, 15) is 0 Å². The Morgan fingerprint density at radius 2 is 1.67 bits per heavy atom. The van der Waals surface area contributed by atoms with Crippen molar-refractivity contribution < 1.29 is 0 Å². The van der Waals surface area contributed by atoms with Crippen molar-refractivity contribution in [2.75, 3.05) is 46.3 Å². The molecule has 1 aromatic carbocycles. The van der Waals surface area contributed by atoms with Crippen LogP contribution in [-0.4, -0.2) is 56.1 Å². The third-order valence-corrected chi connectivity index (χ3v) is 5.22. The van der Waals surface area contributed by atoms with E-state index < -0.39 is 0 Å². The molecule has 0 bridgehead atoms. The Kier molecular flexibility index (Phi) is 5.17. The summed E-state index contributed by atoms with van der Waals surface area (Å²) in [6, 6.07) is 9.10. The van der Waals surface area contributed by atoms with E-state index in [1.807, 2.05) is 12.1 Å². The zero-order valence-electron chi connectivity index (χ0n) is 12.9. The molecule has 0 aliphatic carbocycles. The van der Waals surface area contributed by atoms with Crippen LogP contribution in [0.5, 0.6) is 0 Å². The summed E-state index contributed by atoms with van der Waals surface area (Å²) >= 11 is 6.08. The first kappa shape index (κ1) is 15.3. The summed E-state index contributed by atoms with van der Waals surface area (Å²) in [5.41, 5.74) is 1.44. The highest BCUT2D eigenvalue weighted by Gasteiger charge is 2.31. The number of likely N-dealkylation sites (tertiary alicyclic amines) is 1. The monoisotopic (exact) mass is 307 g/mol. The maximum atomic E-state index is 6.08. The summed E-state index contributed by atoms with van der Waals surface area (Å²) in [4.78, 5) is 5.13. The van der Waals surface area contributed by atoms with Crippen LogP contribution in [0.2, 0.25) is 5.02 Å². The summed E-state index contributed by atoms with van der Waals surface area (Å²) in [5.74, 6) is 0.764. The van der Waals surface area contributed by atoms with Crippen molar-refractivity contribution in [3.8, 4) is 0 Å². The van der Waals surface area contributed by atoms with E-state index >= 15 is 0 Å². The van der Waals surface area contributed by atoms with E-state index in [0.717, 1.165) is 37.1 Å². The van der Waals surface area contributed by atoms with Gasteiger partial charge >= 0.3 is 0 Å². The van der Waals surface area contributed by atoms with Gasteiger partial charge in [0.2, 0.25) is 0 Å². The van der Waals surface area contributed by atoms with E-state index in [4.69, 9.17) is 11.6 Å². The smallest absolute Gasteiger partial charge is 0.0406 e. The molecule has 4 heteroatoms. The van der Waals surface area contributed by atoms with Crippen molar-refractivity contribution >= 4 is 11.6 Å². The van der Waals surface area contributed by atoms with Crippen LogP contribution in [-0.2, 0) is 0 Å². The molecule has 3 rings (SSSR count). The van der Waals surface area contributed by atoms with Gasteiger partial charge in [-0.1, -0.05) is 23.7 Å². The molecule has 1 N–H and O–H groups in total. The SMILES string of the molecule is CN1CCC(C(c2ccc(Cl)cc2)N2CCNCC2)CC1. The number of piperazine rings is 1. The van der Waals surface area contributed by atoms with Crippen LogP contribution >= 0.6 is 11.6 Å². The van der Waals surface area contributed by atoms with Gasteiger partial charge in [0.1, 0.15) is 0 Å². The van der Waals surface area contributed by atoms with Crippen LogP contribution in [0.4, 0.5) is 0 Å². The summed E-state index contributed by atoms with van der Waals surface area (Å²) in [7, 11) is 2.23. The molecule has 0 saturated carbocycles. The fourth-order valence-electron chi connectivity index (χ4n) is 3.75. The molecule has 2 heterocycles. The molecule has 0 radical (unpaired) electrons. The van der Waals surface area contributed by atoms with E-state index in [0.29, 0.717) is 6.04 Å². The van der Waals surface area contributed by atoms with Gasteiger partial charge in [0.25, 0.3) is 0 Å². The van der Waals surface area contributed by atoms with E-state index in [1.54, 1.807) is 0 Å². The molecule has 2 fully saturated rings. The Bertz CT molecular complexity index is 434. The molecule has 116 valence electrons. The molecule has 0 aromatic heterocycles. The molecule has 1 aromatic rings. The highest BCUT2D eigenvalue weighted by atomic mass is 35.5. The molecular weight excluding hydrogens is 282 g/mol. The molecular formula is C17H26ClN3. The van der Waals surface area contributed by atoms with Crippen LogP contribution in [0.3, 0.4) is 0 Å². The van der Waals surface area contributed by atoms with Gasteiger partial charge < -0.3 is 10.2 Å². The lowest BCUT2D eigenvalue weighted by Crippen LogP contribution is -2.48. The highest BCUT2D eigenvalue weighted by molar-refractivity contribution is 6.30. The lowest BCUT2D eigenvalue weighted by atomic mass is 9.84. The van der Waals surface area contributed by atoms with Crippen LogP contribution in [0.1, 0.15) is 24.4 Å². The van der Waals surface area contributed by atoms with Crippen molar-refractivity contribution in [2.24, 2.45) is 5.92 Å². The van der Waals surface area contributed by atoms with E-state index in [-0.39, 0.29) is 0 Å². The largest absolute Gasteiger partial charge is 0.314 e. The number of hydrogen-bond acceptors (Lipinski definition) is 3. The second kappa shape index (κ2) is 7.10. The van der Waals surface area contributed by atoms with Gasteiger partial charge in [-0.2, -0.15) is 0 Å². The fraction of sp³-hybridized carbons (Fsp3) is 0.647. The number of benzene rings is 1. The normalized spacial score (nSPS) is 24.1. The van der Waals surface area contributed by atoms with Crippen molar-refractivity contribution in [3.05, 3.63) is 34.9 Å². The fourth-order valence-corrected chi connectivity index (χ4v) is 3.87. The first-order valence-electron chi connectivity index (χ1n) is 8.13. The second-order valence-electron chi connectivity index (χ2n) is 6.42. The summed E-state index contributed by atoms with van der Waals surface area (Å²) in [6.07, 6.45) is 2.60. The van der Waals surface area contributed by atoms with Crippen molar-refractivity contribution in [2.45, 2.75) is 18.9 Å². The minimum atomic E-state index is 0.554. The second-order valence-corrected chi connectivity index (χ2v) is 6.86. The standard InChI is InChI=1S/C17H26ClN3/c1-20-10-6-15(7-11-20)17(21-12-8-19-9-13-21)14-2-4-16(18)5-3-14/h2-5,15,17,19H,6-13H2,1H3. The Labute approximate surface area is 133 Å². The quantitative estimate of drug-likeness (QED) is 0.926. The van der Waals surface area contributed by atoms with Crippen LogP contribution < -0.4 is 5.32 Å². The molecule has 1 unspecified atom stereocenters.